The average molecular weight is 122 g/mol. The van der Waals surface area contributed by atoms with Gasteiger partial charge in [-0.25, -0.2) is 0 Å². The molecular formula is C5H3N2P. The second-order valence-corrected chi connectivity index (χ2v) is 2.45. The molecule has 1 heterocycles. The molecule has 2 aliphatic rings. The average Bonchev–Trinajstić information content (AvgIpc) is 2.15. The molecule has 0 fully saturated rings. The van der Waals surface area contributed by atoms with E-state index < -0.39 is 0 Å². The Hall–Kier alpha value is -0.750. The highest BCUT2D eigenvalue weighted by molar-refractivity contribution is 7.35. The minimum atomic E-state index is 0.998. The summed E-state index contributed by atoms with van der Waals surface area (Å²) < 4.78 is 0. The minimum absolute atomic E-state index is 0.998. The summed E-state index contributed by atoms with van der Waals surface area (Å²) in [5, 5.41) is 5.10. The van der Waals surface area contributed by atoms with Gasteiger partial charge in [-0.1, -0.05) is 6.08 Å². The largest absolute Gasteiger partial charge is 0.146 e. The molecule has 0 spiro atoms. The van der Waals surface area contributed by atoms with Gasteiger partial charge in [-0.3, -0.25) is 0 Å². The van der Waals surface area contributed by atoms with Crippen LogP contribution in [0, 0.1) is 0 Å². The Bertz CT molecular complexity index is 209. The van der Waals surface area contributed by atoms with E-state index in [4.69, 9.17) is 0 Å². The van der Waals surface area contributed by atoms with Gasteiger partial charge in [0.05, 0.1) is 19.4 Å². The fourth-order valence-electron chi connectivity index (χ4n) is 0.689. The molecule has 0 aromatic rings. The highest BCUT2D eigenvalue weighted by atomic mass is 31.1. The Morgan fingerprint density at radius 1 is 1.50 bits per heavy atom. The van der Waals surface area contributed by atoms with Gasteiger partial charge in [-0.2, -0.15) is 0 Å². The molecule has 3 heteroatoms. The second kappa shape index (κ2) is 1.36. The van der Waals surface area contributed by atoms with Crippen LogP contribution in [-0.2, 0) is 0 Å². The van der Waals surface area contributed by atoms with Crippen LogP contribution in [0.4, 0.5) is 0 Å². The predicted molar refractivity (Wildman–Crippen MR) is 34.0 cm³/mol. The molecule has 0 bridgehead atoms. The molecule has 2 nitrogen and oxygen atoms in total. The number of hydrogen-bond donors (Lipinski definition) is 0. The van der Waals surface area contributed by atoms with E-state index in [0.717, 1.165) is 14.1 Å². The van der Waals surface area contributed by atoms with Crippen molar-refractivity contribution < 1.29 is 0 Å². The molecule has 8 heavy (non-hydrogen) atoms. The van der Waals surface area contributed by atoms with Crippen molar-refractivity contribution >= 4 is 14.1 Å². The van der Waals surface area contributed by atoms with Gasteiger partial charge in [0.2, 0.25) is 0 Å². The van der Waals surface area contributed by atoms with Crippen molar-refractivity contribution in [1.29, 1.82) is 0 Å². The van der Waals surface area contributed by atoms with Gasteiger partial charge >= 0.3 is 0 Å². The molecule has 0 radical (unpaired) electrons. The molecule has 0 unspecified atom stereocenters. The lowest BCUT2D eigenvalue weighted by molar-refractivity contribution is 1.30. The maximum absolute atomic E-state index is 3.87. The molecule has 0 saturated carbocycles. The number of rotatable bonds is 0. The second-order valence-electron chi connectivity index (χ2n) is 1.59. The van der Waals surface area contributed by atoms with Crippen LogP contribution in [0.1, 0.15) is 0 Å². The smallest absolute Gasteiger partial charge is 0.0994 e. The van der Waals surface area contributed by atoms with Crippen molar-refractivity contribution in [1.82, 2.24) is 0 Å². The van der Waals surface area contributed by atoms with Gasteiger partial charge in [0, 0.05) is 0 Å². The maximum atomic E-state index is 3.87. The number of nitrogens with zero attached hydrogens (tertiary/aromatic N) is 2. The van der Waals surface area contributed by atoms with Crippen LogP contribution in [0.15, 0.2) is 33.5 Å². The van der Waals surface area contributed by atoms with Gasteiger partial charge in [-0.15, -0.1) is 9.96 Å². The van der Waals surface area contributed by atoms with Crippen molar-refractivity contribution in [3.05, 3.63) is 23.5 Å². The number of fused-ring (bicyclic) bond motifs is 1. The third-order valence-electron chi connectivity index (χ3n) is 1.08. The molecule has 0 aromatic heterocycles. The molecular weight excluding hydrogens is 119 g/mol. The molecule has 1 aliphatic heterocycles. The van der Waals surface area contributed by atoms with Gasteiger partial charge < -0.3 is 0 Å². The minimum Gasteiger partial charge on any atom is -0.146 e. The van der Waals surface area contributed by atoms with Crippen LogP contribution >= 0.6 is 8.37 Å². The Morgan fingerprint density at radius 2 is 2.50 bits per heavy atom. The molecule has 1 aliphatic carbocycles. The lowest BCUT2D eigenvalue weighted by atomic mass is 10.4. The highest BCUT2D eigenvalue weighted by Gasteiger charge is 2.09. The van der Waals surface area contributed by atoms with Crippen LogP contribution in [0.25, 0.3) is 0 Å². The Labute approximate surface area is 48.5 Å². The first-order valence-corrected chi connectivity index (χ1v) is 3.19. The van der Waals surface area contributed by atoms with Crippen LogP contribution < -0.4 is 0 Å². The van der Waals surface area contributed by atoms with Gasteiger partial charge in [-0.05, 0) is 12.2 Å². The zero-order chi connectivity index (χ0) is 5.40. The monoisotopic (exact) mass is 122 g/mol. The SMILES string of the molecule is C1=CC2=NN=PC2=C1. The predicted octanol–water partition coefficient (Wildman–Crippen LogP) is 1.94. The van der Waals surface area contributed by atoms with Gasteiger partial charge in [0.15, 0.2) is 0 Å². The van der Waals surface area contributed by atoms with E-state index >= 15 is 0 Å². The van der Waals surface area contributed by atoms with Crippen molar-refractivity contribution in [2.45, 2.75) is 0 Å². The molecule has 0 saturated heterocycles. The highest BCUT2D eigenvalue weighted by Crippen LogP contribution is 2.27. The standard InChI is InChI=1S/C5H3N2P/c1-2-4-5(3-1)8-7-6-4/h1-3H. The molecule has 38 valence electrons. The normalized spacial score (nSPS) is 23.0. The maximum Gasteiger partial charge on any atom is 0.0994 e. The summed E-state index contributed by atoms with van der Waals surface area (Å²) in [5.41, 5.74) is 1.03. The van der Waals surface area contributed by atoms with E-state index in [9.17, 15) is 0 Å². The summed E-state index contributed by atoms with van der Waals surface area (Å²) in [4.78, 5) is 3.81. The van der Waals surface area contributed by atoms with Crippen LogP contribution in [0.3, 0.4) is 0 Å². The zero-order valence-electron chi connectivity index (χ0n) is 4.07. The molecule has 0 atom stereocenters. The van der Waals surface area contributed by atoms with Crippen LogP contribution in [0.5, 0.6) is 0 Å². The topological polar surface area (TPSA) is 24.7 Å². The summed E-state index contributed by atoms with van der Waals surface area (Å²) in [5.74, 6) is 0. The van der Waals surface area contributed by atoms with E-state index in [2.05, 4.69) is 9.96 Å². The van der Waals surface area contributed by atoms with Crippen LogP contribution in [-0.4, -0.2) is 5.71 Å². The summed E-state index contributed by atoms with van der Waals surface area (Å²) in [7, 11) is 0.998. The van der Waals surface area contributed by atoms with Crippen molar-refractivity contribution in [2.24, 2.45) is 9.96 Å². The third-order valence-corrected chi connectivity index (χ3v) is 1.85. The fraction of sp³-hybridized carbons (Fsp3) is 0. The third kappa shape index (κ3) is 0.408. The van der Waals surface area contributed by atoms with Gasteiger partial charge in [0.1, 0.15) is 0 Å². The van der Waals surface area contributed by atoms with Crippen molar-refractivity contribution in [3.8, 4) is 0 Å². The summed E-state index contributed by atoms with van der Waals surface area (Å²) in [6, 6.07) is 0. The van der Waals surface area contributed by atoms with Crippen molar-refractivity contribution in [3.63, 3.8) is 0 Å². The first-order chi connectivity index (χ1) is 3.97. The lowest BCUT2D eigenvalue weighted by Gasteiger charge is -1.78. The summed E-state index contributed by atoms with van der Waals surface area (Å²) in [6.07, 6.45) is 6.01. The molecule has 2 rings (SSSR count). The first-order valence-electron chi connectivity index (χ1n) is 2.34. The molecule has 0 aromatic carbocycles. The molecule has 0 amide bonds. The quantitative estimate of drug-likeness (QED) is 0.438. The fourth-order valence-corrected chi connectivity index (χ4v) is 1.30. The van der Waals surface area contributed by atoms with Crippen LogP contribution in [0.2, 0.25) is 0 Å². The lowest BCUT2D eigenvalue weighted by Crippen LogP contribution is -1.81. The number of hydrogen-bond acceptors (Lipinski definition) is 2. The first kappa shape index (κ1) is 4.16. The Morgan fingerprint density at radius 3 is 3.38 bits per heavy atom. The van der Waals surface area contributed by atoms with E-state index in [0.29, 0.717) is 0 Å². The zero-order valence-corrected chi connectivity index (χ0v) is 4.97. The summed E-state index contributed by atoms with van der Waals surface area (Å²) in [6.45, 7) is 0. The molecule has 0 N–H and O–H groups in total. The van der Waals surface area contributed by atoms with Gasteiger partial charge in [0.25, 0.3) is 0 Å². The Balaban J connectivity index is 2.59. The van der Waals surface area contributed by atoms with E-state index in [1.54, 1.807) is 0 Å². The van der Waals surface area contributed by atoms with E-state index in [-0.39, 0.29) is 0 Å². The van der Waals surface area contributed by atoms with E-state index in [1.807, 2.05) is 18.2 Å². The number of allylic oxidation sites excluding steroid dienone is 4. The van der Waals surface area contributed by atoms with Crippen molar-refractivity contribution in [2.75, 3.05) is 0 Å². The summed E-state index contributed by atoms with van der Waals surface area (Å²) >= 11 is 0. The van der Waals surface area contributed by atoms with E-state index in [1.165, 1.54) is 5.31 Å². The Kier molecular flexibility index (Phi) is 0.708.